The van der Waals surface area contributed by atoms with Crippen LogP contribution >= 0.6 is 0 Å². The zero-order chi connectivity index (χ0) is 9.73. The Balaban J connectivity index is 0.000000396. The highest BCUT2D eigenvalue weighted by molar-refractivity contribution is 4.91. The molecule has 2 heteroatoms. The molecule has 0 amide bonds. The fourth-order valence-electron chi connectivity index (χ4n) is 2.52. The zero-order valence-corrected chi connectivity index (χ0v) is 9.40. The zero-order valence-electron chi connectivity index (χ0n) is 9.40. The number of nitrogens with one attached hydrogen (secondary N) is 1. The molecule has 0 aromatic heterocycles. The molecule has 13 heavy (non-hydrogen) atoms. The van der Waals surface area contributed by atoms with Crippen molar-refractivity contribution in [2.75, 3.05) is 33.2 Å². The molecule has 2 aliphatic rings. The van der Waals surface area contributed by atoms with Crippen LogP contribution in [0.2, 0.25) is 0 Å². The summed E-state index contributed by atoms with van der Waals surface area (Å²) >= 11 is 0. The van der Waals surface area contributed by atoms with Gasteiger partial charge in [0.2, 0.25) is 0 Å². The molecule has 2 heterocycles. The molecule has 2 fully saturated rings. The third-order valence-electron chi connectivity index (χ3n) is 3.29. The van der Waals surface area contributed by atoms with Crippen molar-refractivity contribution in [3.05, 3.63) is 0 Å². The number of rotatable bonds is 0. The highest BCUT2D eigenvalue weighted by Crippen LogP contribution is 2.37. The van der Waals surface area contributed by atoms with E-state index in [-0.39, 0.29) is 0 Å². The van der Waals surface area contributed by atoms with Crippen molar-refractivity contribution >= 4 is 0 Å². The second-order valence-electron chi connectivity index (χ2n) is 4.24. The fourth-order valence-corrected chi connectivity index (χ4v) is 2.52. The molecule has 0 atom stereocenters. The first-order valence-electron chi connectivity index (χ1n) is 5.70. The van der Waals surface area contributed by atoms with Gasteiger partial charge in [-0.25, -0.2) is 0 Å². The second-order valence-corrected chi connectivity index (χ2v) is 4.24. The summed E-state index contributed by atoms with van der Waals surface area (Å²) in [5.74, 6) is 0. The minimum atomic E-state index is 0.708. The number of hydrogen-bond donors (Lipinski definition) is 1. The van der Waals surface area contributed by atoms with Crippen LogP contribution in [-0.4, -0.2) is 38.1 Å². The van der Waals surface area contributed by atoms with Gasteiger partial charge in [-0.05, 0) is 51.4 Å². The molecule has 2 aliphatic heterocycles. The van der Waals surface area contributed by atoms with Crippen LogP contribution in [0.5, 0.6) is 0 Å². The van der Waals surface area contributed by atoms with Gasteiger partial charge in [-0.1, -0.05) is 13.8 Å². The average Bonchev–Trinajstić information content (AvgIpc) is 2.52. The van der Waals surface area contributed by atoms with Crippen LogP contribution in [0, 0.1) is 5.41 Å². The van der Waals surface area contributed by atoms with Crippen molar-refractivity contribution in [2.45, 2.75) is 33.1 Å². The minimum absolute atomic E-state index is 0.708. The molecular weight excluding hydrogens is 160 g/mol. The molecule has 2 saturated heterocycles. The first kappa shape index (κ1) is 11.0. The Kier molecular flexibility index (Phi) is 4.20. The minimum Gasteiger partial charge on any atom is -0.317 e. The van der Waals surface area contributed by atoms with E-state index in [1.165, 1.54) is 45.4 Å². The lowest BCUT2D eigenvalue weighted by atomic mass is 9.78. The van der Waals surface area contributed by atoms with Crippen LogP contribution in [0.15, 0.2) is 0 Å². The summed E-state index contributed by atoms with van der Waals surface area (Å²) in [7, 11) is 2.25. The predicted molar refractivity (Wildman–Crippen MR) is 58.0 cm³/mol. The molecule has 0 radical (unpaired) electrons. The molecule has 0 aliphatic carbocycles. The van der Waals surface area contributed by atoms with Gasteiger partial charge in [-0.2, -0.15) is 0 Å². The largest absolute Gasteiger partial charge is 0.317 e. The average molecular weight is 184 g/mol. The van der Waals surface area contributed by atoms with Crippen molar-refractivity contribution in [3.8, 4) is 0 Å². The molecule has 1 spiro atoms. The topological polar surface area (TPSA) is 15.3 Å². The Morgan fingerprint density at radius 2 is 1.69 bits per heavy atom. The fraction of sp³-hybridized carbons (Fsp3) is 1.00. The molecule has 0 saturated carbocycles. The van der Waals surface area contributed by atoms with Gasteiger partial charge in [-0.15, -0.1) is 0 Å². The summed E-state index contributed by atoms with van der Waals surface area (Å²) < 4.78 is 0. The molecule has 0 aromatic rings. The van der Waals surface area contributed by atoms with Crippen LogP contribution in [0.25, 0.3) is 0 Å². The van der Waals surface area contributed by atoms with E-state index in [9.17, 15) is 0 Å². The number of piperidine rings is 1. The van der Waals surface area contributed by atoms with Gasteiger partial charge in [0.15, 0.2) is 0 Å². The van der Waals surface area contributed by atoms with Crippen LogP contribution < -0.4 is 5.32 Å². The van der Waals surface area contributed by atoms with Crippen molar-refractivity contribution < 1.29 is 0 Å². The van der Waals surface area contributed by atoms with Gasteiger partial charge < -0.3 is 10.2 Å². The van der Waals surface area contributed by atoms with Crippen molar-refractivity contribution in [1.29, 1.82) is 0 Å². The Bertz CT molecular complexity index is 134. The van der Waals surface area contributed by atoms with E-state index in [0.717, 1.165) is 0 Å². The molecule has 2 nitrogen and oxygen atoms in total. The van der Waals surface area contributed by atoms with Gasteiger partial charge in [0.05, 0.1) is 0 Å². The lowest BCUT2D eigenvalue weighted by molar-refractivity contribution is 0.207. The molecule has 0 unspecified atom stereocenters. The standard InChI is InChI=1S/C9H18N2.C2H6/c1-11-7-4-9(8-11)2-5-10-6-3-9;1-2/h10H,2-8H2,1H3;1-2H3. The molecule has 0 aromatic carbocycles. The van der Waals surface area contributed by atoms with Crippen molar-refractivity contribution in [1.82, 2.24) is 10.2 Å². The van der Waals surface area contributed by atoms with Gasteiger partial charge in [-0.3, -0.25) is 0 Å². The summed E-state index contributed by atoms with van der Waals surface area (Å²) in [5.41, 5.74) is 0.708. The van der Waals surface area contributed by atoms with Crippen LogP contribution in [0.4, 0.5) is 0 Å². The summed E-state index contributed by atoms with van der Waals surface area (Å²) in [5, 5.41) is 3.43. The first-order valence-corrected chi connectivity index (χ1v) is 5.70. The molecule has 0 bridgehead atoms. The molecule has 78 valence electrons. The Hall–Kier alpha value is -0.0800. The van der Waals surface area contributed by atoms with E-state index < -0.39 is 0 Å². The third-order valence-corrected chi connectivity index (χ3v) is 3.29. The number of nitrogens with zero attached hydrogens (tertiary/aromatic N) is 1. The number of hydrogen-bond acceptors (Lipinski definition) is 2. The van der Waals surface area contributed by atoms with Crippen molar-refractivity contribution in [2.24, 2.45) is 5.41 Å². The van der Waals surface area contributed by atoms with E-state index in [1.54, 1.807) is 0 Å². The Labute approximate surface area is 82.7 Å². The lowest BCUT2D eigenvalue weighted by Gasteiger charge is -2.33. The molecular formula is C11H24N2. The van der Waals surface area contributed by atoms with Crippen molar-refractivity contribution in [3.63, 3.8) is 0 Å². The summed E-state index contributed by atoms with van der Waals surface area (Å²) in [6, 6.07) is 0. The smallest absolute Gasteiger partial charge is 0.00364 e. The Morgan fingerprint density at radius 1 is 1.08 bits per heavy atom. The lowest BCUT2D eigenvalue weighted by Crippen LogP contribution is -2.38. The number of likely N-dealkylation sites (tertiary alicyclic amines) is 1. The van der Waals surface area contributed by atoms with Gasteiger partial charge >= 0.3 is 0 Å². The maximum absolute atomic E-state index is 3.43. The normalized spacial score (nSPS) is 27.0. The maximum atomic E-state index is 3.43. The van der Waals surface area contributed by atoms with Crippen LogP contribution in [0.3, 0.4) is 0 Å². The molecule has 2 rings (SSSR count). The SMILES string of the molecule is CC.CN1CCC2(CCNCC2)C1. The summed E-state index contributed by atoms with van der Waals surface area (Å²) in [6.07, 6.45) is 4.24. The third kappa shape index (κ3) is 2.68. The quantitative estimate of drug-likeness (QED) is 0.616. The van der Waals surface area contributed by atoms with Gasteiger partial charge in [0, 0.05) is 6.54 Å². The van der Waals surface area contributed by atoms with Gasteiger partial charge in [0.1, 0.15) is 0 Å². The highest BCUT2D eigenvalue weighted by atomic mass is 15.1. The Morgan fingerprint density at radius 3 is 2.15 bits per heavy atom. The van der Waals surface area contributed by atoms with E-state index in [4.69, 9.17) is 0 Å². The first-order chi connectivity index (χ1) is 6.31. The summed E-state index contributed by atoms with van der Waals surface area (Å²) in [6.45, 7) is 9.15. The van der Waals surface area contributed by atoms with E-state index in [2.05, 4.69) is 17.3 Å². The second kappa shape index (κ2) is 4.97. The maximum Gasteiger partial charge on any atom is 0.00364 e. The van der Waals surface area contributed by atoms with E-state index in [0.29, 0.717) is 5.41 Å². The summed E-state index contributed by atoms with van der Waals surface area (Å²) in [4.78, 5) is 2.48. The van der Waals surface area contributed by atoms with Crippen LogP contribution in [-0.2, 0) is 0 Å². The highest BCUT2D eigenvalue weighted by Gasteiger charge is 2.37. The van der Waals surface area contributed by atoms with Gasteiger partial charge in [0.25, 0.3) is 0 Å². The van der Waals surface area contributed by atoms with E-state index >= 15 is 0 Å². The van der Waals surface area contributed by atoms with E-state index in [1.807, 2.05) is 13.8 Å². The van der Waals surface area contributed by atoms with Crippen LogP contribution in [0.1, 0.15) is 33.1 Å². The molecule has 1 N–H and O–H groups in total. The predicted octanol–water partition coefficient (Wildman–Crippen LogP) is 1.72. The monoisotopic (exact) mass is 184 g/mol.